The summed E-state index contributed by atoms with van der Waals surface area (Å²) in [6.07, 6.45) is 0.305. The molecule has 2 amide bonds. The molecule has 142 valence electrons. The summed E-state index contributed by atoms with van der Waals surface area (Å²) in [5.74, 6) is 1.30. The average Bonchev–Trinajstić information content (AvgIpc) is 2.95. The second-order valence-corrected chi connectivity index (χ2v) is 7.28. The number of benzene rings is 2. The fraction of sp³-hybridized carbons (Fsp3) is 0.263. The number of imide groups is 1. The Morgan fingerprint density at radius 1 is 1.00 bits per heavy atom. The Morgan fingerprint density at radius 3 is 2.26 bits per heavy atom. The Labute approximate surface area is 166 Å². The number of carbonyl (C=O) groups excluding carboxylic acids is 2. The molecule has 0 radical (unpaired) electrons. The Bertz CT molecular complexity index is 888. The third kappa shape index (κ3) is 3.70. The summed E-state index contributed by atoms with van der Waals surface area (Å²) < 4.78 is 16.0. The minimum atomic E-state index is -0.583. The number of carbonyl (C=O) groups is 2. The Hall–Kier alpha value is -2.38. The van der Waals surface area contributed by atoms with Crippen LogP contribution < -0.4 is 19.1 Å². The highest BCUT2D eigenvalue weighted by Crippen LogP contribution is 2.40. The van der Waals surface area contributed by atoms with E-state index in [9.17, 15) is 9.59 Å². The third-order valence-corrected chi connectivity index (χ3v) is 5.56. The monoisotopic (exact) mass is 407 g/mol. The zero-order chi connectivity index (χ0) is 19.6. The highest BCUT2D eigenvalue weighted by atomic mass is 35.5. The van der Waals surface area contributed by atoms with Crippen molar-refractivity contribution in [1.82, 2.24) is 0 Å². The molecule has 1 fully saturated rings. The van der Waals surface area contributed by atoms with Crippen LogP contribution in [-0.2, 0) is 11.2 Å². The SMILES string of the molecule is COc1cc(OC)c(OC)cc1C[C@@H]1SC(=O)N(c2ccccc2Cl)C1=O. The summed E-state index contributed by atoms with van der Waals surface area (Å²) in [7, 11) is 4.61. The van der Waals surface area contributed by atoms with E-state index >= 15 is 0 Å². The molecule has 1 aliphatic heterocycles. The Morgan fingerprint density at radius 2 is 1.63 bits per heavy atom. The van der Waals surface area contributed by atoms with Gasteiger partial charge >= 0.3 is 0 Å². The number of halogens is 1. The molecule has 1 saturated heterocycles. The molecule has 8 heteroatoms. The van der Waals surface area contributed by atoms with Gasteiger partial charge in [0.25, 0.3) is 5.24 Å². The maximum Gasteiger partial charge on any atom is 0.293 e. The average molecular weight is 408 g/mol. The van der Waals surface area contributed by atoms with Crippen molar-refractivity contribution in [3.63, 3.8) is 0 Å². The lowest BCUT2D eigenvalue weighted by Gasteiger charge is -2.17. The summed E-state index contributed by atoms with van der Waals surface area (Å²) in [6.45, 7) is 0. The van der Waals surface area contributed by atoms with E-state index in [1.165, 1.54) is 21.3 Å². The third-order valence-electron chi connectivity index (χ3n) is 4.21. The number of hydrogen-bond acceptors (Lipinski definition) is 6. The number of ether oxygens (including phenoxy) is 3. The maximum absolute atomic E-state index is 12.9. The topological polar surface area (TPSA) is 65.1 Å². The van der Waals surface area contributed by atoms with Gasteiger partial charge in [0.05, 0.1) is 37.3 Å². The van der Waals surface area contributed by atoms with Crippen molar-refractivity contribution in [2.45, 2.75) is 11.7 Å². The second kappa shape index (κ2) is 8.10. The van der Waals surface area contributed by atoms with E-state index in [1.54, 1.807) is 36.4 Å². The minimum Gasteiger partial charge on any atom is -0.496 e. The van der Waals surface area contributed by atoms with E-state index in [1.807, 2.05) is 0 Å². The van der Waals surface area contributed by atoms with Gasteiger partial charge in [-0.3, -0.25) is 9.59 Å². The first-order valence-electron chi connectivity index (χ1n) is 8.08. The Balaban J connectivity index is 1.90. The van der Waals surface area contributed by atoms with Crippen molar-refractivity contribution < 1.29 is 23.8 Å². The standard InChI is InChI=1S/C19H18ClNO5S/c1-24-14-10-16(26-3)15(25-2)8-11(14)9-17-18(22)21(19(23)27-17)13-7-5-4-6-12(13)20/h4-8,10,17H,9H2,1-3H3/t17-/m0/s1. The first-order valence-corrected chi connectivity index (χ1v) is 9.34. The van der Waals surface area contributed by atoms with Crippen LogP contribution in [0.2, 0.25) is 5.02 Å². The minimum absolute atomic E-state index is 0.305. The first kappa shape index (κ1) is 19.4. The fourth-order valence-corrected chi connectivity index (χ4v) is 4.12. The molecular formula is C19H18ClNO5S. The van der Waals surface area contributed by atoms with Crippen LogP contribution in [0.1, 0.15) is 5.56 Å². The van der Waals surface area contributed by atoms with Crippen LogP contribution in [-0.4, -0.2) is 37.7 Å². The van der Waals surface area contributed by atoms with Gasteiger partial charge in [-0.2, -0.15) is 0 Å². The summed E-state index contributed by atoms with van der Waals surface area (Å²) >= 11 is 7.13. The second-order valence-electron chi connectivity index (χ2n) is 5.72. The fourth-order valence-electron chi connectivity index (χ4n) is 2.89. The molecule has 2 aromatic carbocycles. The normalized spacial score (nSPS) is 16.6. The van der Waals surface area contributed by atoms with Gasteiger partial charge in [0.15, 0.2) is 11.5 Å². The van der Waals surface area contributed by atoms with E-state index in [0.717, 1.165) is 22.2 Å². The van der Waals surface area contributed by atoms with Gasteiger partial charge < -0.3 is 14.2 Å². The smallest absolute Gasteiger partial charge is 0.293 e. The van der Waals surface area contributed by atoms with Gasteiger partial charge in [-0.1, -0.05) is 35.5 Å². The lowest BCUT2D eigenvalue weighted by Crippen LogP contribution is -2.32. The molecular weight excluding hydrogens is 390 g/mol. The number of para-hydroxylation sites is 1. The van der Waals surface area contributed by atoms with Gasteiger partial charge in [-0.25, -0.2) is 4.90 Å². The van der Waals surface area contributed by atoms with Crippen LogP contribution in [0.4, 0.5) is 10.5 Å². The van der Waals surface area contributed by atoms with E-state index in [2.05, 4.69) is 0 Å². The molecule has 1 atom stereocenters. The van der Waals surface area contributed by atoms with Crippen LogP contribution in [0.5, 0.6) is 17.2 Å². The highest BCUT2D eigenvalue weighted by molar-refractivity contribution is 8.15. The lowest BCUT2D eigenvalue weighted by molar-refractivity contribution is -0.117. The van der Waals surface area contributed by atoms with Crippen molar-refractivity contribution in [2.75, 3.05) is 26.2 Å². The van der Waals surface area contributed by atoms with Crippen LogP contribution in [0.3, 0.4) is 0 Å². The summed E-state index contributed by atoms with van der Waals surface area (Å²) in [5, 5.41) is -0.581. The van der Waals surface area contributed by atoms with Crippen LogP contribution >= 0.6 is 23.4 Å². The number of hydrogen-bond donors (Lipinski definition) is 0. The quantitative estimate of drug-likeness (QED) is 0.715. The van der Waals surface area contributed by atoms with Gasteiger partial charge in [-0.05, 0) is 30.2 Å². The molecule has 0 aromatic heterocycles. The largest absolute Gasteiger partial charge is 0.496 e. The van der Waals surface area contributed by atoms with E-state index in [-0.39, 0.29) is 11.1 Å². The van der Waals surface area contributed by atoms with Crippen molar-refractivity contribution in [3.8, 4) is 17.2 Å². The lowest BCUT2D eigenvalue weighted by atomic mass is 10.1. The van der Waals surface area contributed by atoms with E-state index in [4.69, 9.17) is 25.8 Å². The van der Waals surface area contributed by atoms with Gasteiger partial charge in [0, 0.05) is 6.07 Å². The van der Waals surface area contributed by atoms with Crippen molar-refractivity contribution in [3.05, 3.63) is 47.0 Å². The predicted octanol–water partition coefficient (Wildman–Crippen LogP) is 4.18. The molecule has 0 bridgehead atoms. The predicted molar refractivity (Wildman–Crippen MR) is 106 cm³/mol. The van der Waals surface area contributed by atoms with Crippen molar-refractivity contribution in [2.24, 2.45) is 0 Å². The van der Waals surface area contributed by atoms with Crippen LogP contribution in [0.25, 0.3) is 0 Å². The van der Waals surface area contributed by atoms with Gasteiger partial charge in [0.1, 0.15) is 5.75 Å². The Kier molecular flexibility index (Phi) is 5.82. The van der Waals surface area contributed by atoms with Crippen LogP contribution in [0.15, 0.2) is 36.4 Å². The number of amides is 2. The van der Waals surface area contributed by atoms with Crippen LogP contribution in [0, 0.1) is 0 Å². The molecule has 0 N–H and O–H groups in total. The molecule has 3 rings (SSSR count). The maximum atomic E-state index is 12.9. The van der Waals surface area contributed by atoms with E-state index < -0.39 is 5.25 Å². The molecule has 0 saturated carbocycles. The zero-order valence-electron chi connectivity index (χ0n) is 15.0. The van der Waals surface area contributed by atoms with E-state index in [0.29, 0.717) is 34.4 Å². The first-order chi connectivity index (χ1) is 13.0. The zero-order valence-corrected chi connectivity index (χ0v) is 16.6. The molecule has 0 aliphatic carbocycles. The number of nitrogens with zero attached hydrogens (tertiary/aromatic N) is 1. The van der Waals surface area contributed by atoms with Gasteiger partial charge in [0.2, 0.25) is 5.91 Å². The molecule has 1 aliphatic rings. The summed E-state index contributed by atoms with van der Waals surface area (Å²) in [6, 6.07) is 10.2. The number of thioether (sulfide) groups is 1. The number of rotatable bonds is 6. The highest BCUT2D eigenvalue weighted by Gasteiger charge is 2.41. The number of methoxy groups -OCH3 is 3. The summed E-state index contributed by atoms with van der Waals surface area (Å²) in [5.41, 5.74) is 1.14. The molecule has 2 aromatic rings. The molecule has 6 nitrogen and oxygen atoms in total. The molecule has 0 spiro atoms. The molecule has 0 unspecified atom stereocenters. The van der Waals surface area contributed by atoms with Crippen molar-refractivity contribution >= 4 is 40.2 Å². The summed E-state index contributed by atoms with van der Waals surface area (Å²) in [4.78, 5) is 26.5. The number of anilines is 1. The molecule has 1 heterocycles. The van der Waals surface area contributed by atoms with Gasteiger partial charge in [-0.15, -0.1) is 0 Å². The van der Waals surface area contributed by atoms with Crippen molar-refractivity contribution in [1.29, 1.82) is 0 Å². The molecule has 27 heavy (non-hydrogen) atoms.